The summed E-state index contributed by atoms with van der Waals surface area (Å²) >= 11 is 5.60. The van der Waals surface area contributed by atoms with Crippen molar-refractivity contribution in [3.05, 3.63) is 51.7 Å². The van der Waals surface area contributed by atoms with Crippen molar-refractivity contribution in [3.63, 3.8) is 0 Å². The zero-order valence-corrected chi connectivity index (χ0v) is 11.1. The highest BCUT2D eigenvalue weighted by Gasteiger charge is 2.30. The topological polar surface area (TPSA) is 70.1 Å². The van der Waals surface area contributed by atoms with E-state index in [0.29, 0.717) is 5.56 Å². The van der Waals surface area contributed by atoms with Crippen LogP contribution in [0.5, 0.6) is 5.75 Å². The lowest BCUT2D eigenvalue weighted by atomic mass is 10.2. The molecule has 2 rings (SSSR count). The fraction of sp³-hybridized carbons (Fsp3) is 0.167. The highest BCUT2D eigenvalue weighted by molar-refractivity contribution is 6.31. The Labute approximate surface area is 121 Å². The maximum Gasteiger partial charge on any atom is 0.573 e. The molecule has 1 aromatic heterocycles. The van der Waals surface area contributed by atoms with Crippen LogP contribution in [0.15, 0.2) is 35.4 Å². The monoisotopic (exact) mass is 319 g/mol. The normalized spacial score (nSPS) is 11.4. The molecule has 21 heavy (non-hydrogen) atoms. The molecular formula is C12H9ClF3N3O2. The van der Waals surface area contributed by atoms with Crippen LogP contribution in [0, 0.1) is 0 Å². The Morgan fingerprint density at radius 1 is 1.29 bits per heavy atom. The van der Waals surface area contributed by atoms with Gasteiger partial charge < -0.3 is 10.5 Å². The smallest absolute Gasteiger partial charge is 0.406 e. The molecule has 0 bridgehead atoms. The van der Waals surface area contributed by atoms with E-state index in [1.54, 1.807) is 0 Å². The Morgan fingerprint density at radius 2 is 1.90 bits per heavy atom. The van der Waals surface area contributed by atoms with Crippen molar-refractivity contribution in [1.82, 2.24) is 9.55 Å². The second-order valence-corrected chi connectivity index (χ2v) is 4.43. The second-order valence-electron chi connectivity index (χ2n) is 4.07. The van der Waals surface area contributed by atoms with E-state index in [-0.39, 0.29) is 23.1 Å². The van der Waals surface area contributed by atoms with Crippen LogP contribution in [0.1, 0.15) is 5.56 Å². The van der Waals surface area contributed by atoms with Gasteiger partial charge in [0.25, 0.3) is 5.56 Å². The van der Waals surface area contributed by atoms with E-state index in [2.05, 4.69) is 9.72 Å². The van der Waals surface area contributed by atoms with Crippen molar-refractivity contribution < 1.29 is 17.9 Å². The predicted molar refractivity (Wildman–Crippen MR) is 70.1 cm³/mol. The first-order chi connectivity index (χ1) is 9.76. The Morgan fingerprint density at radius 3 is 2.48 bits per heavy atom. The number of ether oxygens (including phenoxy) is 1. The van der Waals surface area contributed by atoms with E-state index in [1.165, 1.54) is 23.0 Å². The fourth-order valence-corrected chi connectivity index (χ4v) is 1.72. The number of alkyl halides is 3. The van der Waals surface area contributed by atoms with Gasteiger partial charge in [0.2, 0.25) is 0 Å². The van der Waals surface area contributed by atoms with Gasteiger partial charge in [-0.05, 0) is 17.7 Å². The van der Waals surface area contributed by atoms with Crippen LogP contribution < -0.4 is 16.0 Å². The molecule has 5 nitrogen and oxygen atoms in total. The van der Waals surface area contributed by atoms with E-state index in [1.807, 2.05) is 0 Å². The molecule has 0 aliphatic heterocycles. The highest BCUT2D eigenvalue weighted by Crippen LogP contribution is 2.22. The van der Waals surface area contributed by atoms with Gasteiger partial charge in [-0.2, -0.15) is 0 Å². The third kappa shape index (κ3) is 3.88. The van der Waals surface area contributed by atoms with Crippen LogP contribution in [0.4, 0.5) is 18.9 Å². The zero-order valence-electron chi connectivity index (χ0n) is 10.4. The quantitative estimate of drug-likeness (QED) is 0.882. The summed E-state index contributed by atoms with van der Waals surface area (Å²) in [5, 5.41) is -0.0924. The molecule has 1 heterocycles. The zero-order chi connectivity index (χ0) is 15.6. The third-order valence-electron chi connectivity index (χ3n) is 2.53. The van der Waals surface area contributed by atoms with Crippen LogP contribution in [0.3, 0.4) is 0 Å². The van der Waals surface area contributed by atoms with Crippen LogP contribution in [0.2, 0.25) is 5.15 Å². The summed E-state index contributed by atoms with van der Waals surface area (Å²) in [6, 6.07) is 5.11. The average Bonchev–Trinajstić information content (AvgIpc) is 2.40. The van der Waals surface area contributed by atoms with E-state index in [0.717, 1.165) is 12.1 Å². The largest absolute Gasteiger partial charge is 0.573 e. The van der Waals surface area contributed by atoms with Gasteiger partial charge >= 0.3 is 6.36 Å². The number of anilines is 1. The molecule has 2 N–H and O–H groups in total. The first kappa shape index (κ1) is 15.2. The minimum absolute atomic E-state index is 0.0924. The minimum atomic E-state index is -4.74. The van der Waals surface area contributed by atoms with E-state index in [4.69, 9.17) is 17.3 Å². The van der Waals surface area contributed by atoms with Crippen molar-refractivity contribution in [3.8, 4) is 5.75 Å². The van der Waals surface area contributed by atoms with Crippen molar-refractivity contribution in [1.29, 1.82) is 0 Å². The van der Waals surface area contributed by atoms with Crippen LogP contribution in [-0.4, -0.2) is 15.9 Å². The van der Waals surface area contributed by atoms with Gasteiger partial charge in [-0.1, -0.05) is 23.7 Å². The lowest BCUT2D eigenvalue weighted by molar-refractivity contribution is -0.274. The number of rotatable bonds is 3. The number of hydrogen-bond donors (Lipinski definition) is 1. The van der Waals surface area contributed by atoms with Gasteiger partial charge in [-0.25, -0.2) is 4.98 Å². The van der Waals surface area contributed by atoms with Crippen LogP contribution in [0.25, 0.3) is 0 Å². The molecule has 2 aromatic rings. The molecule has 9 heteroatoms. The van der Waals surface area contributed by atoms with Gasteiger partial charge in [0.05, 0.1) is 12.9 Å². The lowest BCUT2D eigenvalue weighted by Gasteiger charge is -2.10. The number of nitrogen functional groups attached to an aromatic ring is 1. The Balaban J connectivity index is 2.18. The summed E-state index contributed by atoms with van der Waals surface area (Å²) in [4.78, 5) is 15.5. The average molecular weight is 320 g/mol. The van der Waals surface area contributed by atoms with Crippen molar-refractivity contribution in [2.45, 2.75) is 12.9 Å². The van der Waals surface area contributed by atoms with Gasteiger partial charge in [-0.15, -0.1) is 13.2 Å². The van der Waals surface area contributed by atoms with Crippen LogP contribution in [-0.2, 0) is 6.54 Å². The van der Waals surface area contributed by atoms with Gasteiger partial charge in [-0.3, -0.25) is 9.36 Å². The van der Waals surface area contributed by atoms with Gasteiger partial charge in [0, 0.05) is 0 Å². The summed E-state index contributed by atoms with van der Waals surface area (Å²) in [5.41, 5.74) is 5.33. The molecule has 0 atom stereocenters. The van der Waals surface area contributed by atoms with Crippen molar-refractivity contribution >= 4 is 17.3 Å². The maximum atomic E-state index is 12.0. The number of nitrogens with two attached hydrogens (primary N) is 1. The van der Waals surface area contributed by atoms with Crippen LogP contribution >= 0.6 is 11.6 Å². The Bertz CT molecular complexity index is 698. The molecule has 0 saturated heterocycles. The fourth-order valence-electron chi connectivity index (χ4n) is 1.59. The molecule has 0 unspecified atom stereocenters. The highest BCUT2D eigenvalue weighted by atomic mass is 35.5. The molecular weight excluding hydrogens is 311 g/mol. The number of aromatic nitrogens is 2. The number of benzene rings is 1. The van der Waals surface area contributed by atoms with E-state index < -0.39 is 11.9 Å². The number of halogens is 4. The Hall–Kier alpha value is -2.22. The molecule has 1 aromatic carbocycles. The summed E-state index contributed by atoms with van der Waals surface area (Å²) in [5.74, 6) is -0.340. The minimum Gasteiger partial charge on any atom is -0.406 e. The van der Waals surface area contributed by atoms with Gasteiger partial charge in [0.1, 0.15) is 11.4 Å². The lowest BCUT2D eigenvalue weighted by Crippen LogP contribution is -2.24. The Kier molecular flexibility index (Phi) is 4.08. The molecule has 112 valence electrons. The maximum absolute atomic E-state index is 12.0. The SMILES string of the molecule is Nc1c(Cl)ncn(Cc2ccc(OC(F)(F)F)cc2)c1=O. The van der Waals surface area contributed by atoms with Crippen molar-refractivity contribution in [2.75, 3.05) is 5.73 Å². The first-order valence-electron chi connectivity index (χ1n) is 5.61. The summed E-state index contributed by atoms with van der Waals surface area (Å²) in [6.07, 6.45) is -3.53. The summed E-state index contributed by atoms with van der Waals surface area (Å²) in [7, 11) is 0. The molecule has 0 fully saturated rings. The summed E-state index contributed by atoms with van der Waals surface area (Å²) in [6.45, 7) is 0.0967. The molecule has 0 radical (unpaired) electrons. The summed E-state index contributed by atoms with van der Waals surface area (Å²) < 4.78 is 41.0. The predicted octanol–water partition coefficient (Wildman–Crippen LogP) is 2.43. The van der Waals surface area contributed by atoms with E-state index in [9.17, 15) is 18.0 Å². The standard InChI is InChI=1S/C12H9ClF3N3O2/c13-10-9(17)11(20)19(6-18-10)5-7-1-3-8(4-2-7)21-12(14,15)16/h1-4,6H,5,17H2. The second kappa shape index (κ2) is 5.65. The molecule has 0 aliphatic carbocycles. The third-order valence-corrected chi connectivity index (χ3v) is 2.84. The van der Waals surface area contributed by atoms with Crippen molar-refractivity contribution in [2.24, 2.45) is 0 Å². The molecule has 0 saturated carbocycles. The molecule has 0 aliphatic rings. The molecule has 0 amide bonds. The first-order valence-corrected chi connectivity index (χ1v) is 5.99. The van der Waals surface area contributed by atoms with Gasteiger partial charge in [0.15, 0.2) is 5.15 Å². The number of hydrogen-bond acceptors (Lipinski definition) is 4. The van der Waals surface area contributed by atoms with E-state index >= 15 is 0 Å². The molecule has 0 spiro atoms. The number of nitrogens with zero attached hydrogens (tertiary/aromatic N) is 2.